The van der Waals surface area contributed by atoms with E-state index in [4.69, 9.17) is 34.8 Å². The number of nitrogens with one attached hydrogen (secondary N) is 1. The molecule has 0 bridgehead atoms. The predicted molar refractivity (Wildman–Crippen MR) is 157 cm³/mol. The molecule has 208 valence electrons. The smallest absolute Gasteiger partial charge is 0.264 e. The van der Waals surface area contributed by atoms with Crippen molar-refractivity contribution in [2.24, 2.45) is 0 Å². The maximum atomic E-state index is 13.9. The van der Waals surface area contributed by atoms with E-state index < -0.39 is 28.5 Å². The zero-order valence-corrected chi connectivity index (χ0v) is 24.9. The van der Waals surface area contributed by atoms with E-state index in [0.29, 0.717) is 44.8 Å². The summed E-state index contributed by atoms with van der Waals surface area (Å²) >= 11 is 18.6. The monoisotopic (exact) mass is 609 g/mol. The molecule has 0 aromatic heterocycles. The first-order valence-electron chi connectivity index (χ1n) is 12.3. The van der Waals surface area contributed by atoms with Crippen molar-refractivity contribution >= 4 is 62.3 Å². The van der Waals surface area contributed by atoms with E-state index >= 15 is 0 Å². The van der Waals surface area contributed by atoms with Gasteiger partial charge in [-0.15, -0.1) is 0 Å². The Bertz CT molecular complexity index is 1440. The molecule has 0 aliphatic carbocycles. The van der Waals surface area contributed by atoms with Crippen molar-refractivity contribution in [3.05, 3.63) is 92.9 Å². The first-order valence-corrected chi connectivity index (χ1v) is 14.9. The molecular formula is C28H30Cl3N3O4S. The number of nitrogens with zero attached hydrogens (tertiary/aromatic N) is 2. The maximum Gasteiger partial charge on any atom is 0.264 e. The van der Waals surface area contributed by atoms with Crippen molar-refractivity contribution in [1.82, 2.24) is 10.2 Å². The van der Waals surface area contributed by atoms with Gasteiger partial charge in [-0.1, -0.05) is 66.0 Å². The Kier molecular flexibility index (Phi) is 10.7. The highest BCUT2D eigenvalue weighted by Crippen LogP contribution is 2.30. The zero-order chi connectivity index (χ0) is 28.7. The van der Waals surface area contributed by atoms with E-state index in [2.05, 4.69) is 5.32 Å². The largest absolute Gasteiger partial charge is 0.354 e. The summed E-state index contributed by atoms with van der Waals surface area (Å²) in [7, 11) is -4.17. The van der Waals surface area contributed by atoms with Crippen LogP contribution in [-0.4, -0.2) is 44.3 Å². The molecule has 3 aromatic carbocycles. The number of carbonyl (C=O) groups excluding carboxylic acids is 2. The minimum Gasteiger partial charge on any atom is -0.354 e. The van der Waals surface area contributed by atoms with Gasteiger partial charge in [0.25, 0.3) is 10.0 Å². The van der Waals surface area contributed by atoms with Gasteiger partial charge < -0.3 is 10.2 Å². The van der Waals surface area contributed by atoms with Crippen LogP contribution in [0.5, 0.6) is 0 Å². The number of anilines is 1. The van der Waals surface area contributed by atoms with Crippen molar-refractivity contribution < 1.29 is 18.0 Å². The van der Waals surface area contributed by atoms with E-state index in [1.807, 2.05) is 6.92 Å². The summed E-state index contributed by atoms with van der Waals surface area (Å²) in [6.07, 6.45) is 0.717. The Morgan fingerprint density at radius 1 is 0.949 bits per heavy atom. The van der Waals surface area contributed by atoms with Gasteiger partial charge >= 0.3 is 0 Å². The summed E-state index contributed by atoms with van der Waals surface area (Å²) in [5.41, 5.74) is 1.42. The molecule has 1 N–H and O–H groups in total. The normalized spacial score (nSPS) is 12.1. The third kappa shape index (κ3) is 7.66. The van der Waals surface area contributed by atoms with Gasteiger partial charge in [0.05, 0.1) is 10.6 Å². The van der Waals surface area contributed by atoms with E-state index in [1.54, 1.807) is 68.4 Å². The molecule has 11 heteroatoms. The molecule has 2 amide bonds. The Balaban J connectivity index is 2.06. The number of sulfonamides is 1. The molecular weight excluding hydrogens is 581 g/mol. The molecule has 1 atom stereocenters. The molecule has 39 heavy (non-hydrogen) atoms. The molecule has 7 nitrogen and oxygen atoms in total. The van der Waals surface area contributed by atoms with Crippen LogP contribution in [0.1, 0.15) is 31.4 Å². The molecule has 0 saturated carbocycles. The maximum absolute atomic E-state index is 13.9. The average molecular weight is 611 g/mol. The predicted octanol–water partition coefficient (Wildman–Crippen LogP) is 6.09. The lowest BCUT2D eigenvalue weighted by Gasteiger charge is -2.32. The van der Waals surface area contributed by atoms with E-state index in [9.17, 15) is 18.0 Å². The highest BCUT2D eigenvalue weighted by Gasteiger charge is 2.33. The standard InChI is InChI=1S/C28H30Cl3N3O4S/c1-4-14-32-28(36)20(3)33(17-21-10-11-23(30)16-25(21)31)27(35)18-34(26-13-12-22(29)15-19(26)2)39(37,38)24-8-6-5-7-9-24/h5-13,15-16,20H,4,14,17-18H2,1-3H3,(H,32,36)/t20-/m0/s1. The van der Waals surface area contributed by atoms with Crippen molar-refractivity contribution in [2.45, 2.75) is 44.7 Å². The average Bonchev–Trinajstić information content (AvgIpc) is 2.90. The van der Waals surface area contributed by atoms with Crippen LogP contribution in [0.15, 0.2) is 71.6 Å². The number of aryl methyl sites for hydroxylation is 1. The summed E-state index contributed by atoms with van der Waals surface area (Å²) in [6.45, 7) is 5.07. The Morgan fingerprint density at radius 2 is 1.59 bits per heavy atom. The SMILES string of the molecule is CCCNC(=O)[C@H](C)N(Cc1ccc(Cl)cc1Cl)C(=O)CN(c1ccc(Cl)cc1C)S(=O)(=O)c1ccccc1. The number of hydrogen-bond acceptors (Lipinski definition) is 4. The highest BCUT2D eigenvalue weighted by atomic mass is 35.5. The molecule has 0 aliphatic heterocycles. The van der Waals surface area contributed by atoms with E-state index in [-0.39, 0.29) is 17.3 Å². The summed E-state index contributed by atoms with van der Waals surface area (Å²) in [5, 5.41) is 3.98. The minimum absolute atomic E-state index is 0.0215. The Labute approximate surface area is 244 Å². The molecule has 0 aliphatic rings. The summed E-state index contributed by atoms with van der Waals surface area (Å²) < 4.78 is 28.7. The number of hydrogen-bond donors (Lipinski definition) is 1. The number of halogens is 3. The van der Waals surface area contributed by atoms with Gasteiger partial charge in [-0.2, -0.15) is 0 Å². The lowest BCUT2D eigenvalue weighted by molar-refractivity contribution is -0.139. The van der Waals surface area contributed by atoms with Gasteiger partial charge in [0.15, 0.2) is 0 Å². The minimum atomic E-state index is -4.17. The third-order valence-electron chi connectivity index (χ3n) is 6.11. The van der Waals surface area contributed by atoms with Gasteiger partial charge in [-0.25, -0.2) is 8.42 Å². The fourth-order valence-corrected chi connectivity index (χ4v) is 6.14. The fraction of sp³-hybridized carbons (Fsp3) is 0.286. The summed E-state index contributed by atoms with van der Waals surface area (Å²) in [6, 6.07) is 16.5. The van der Waals surface area contributed by atoms with Crippen LogP contribution < -0.4 is 9.62 Å². The van der Waals surface area contributed by atoms with Crippen LogP contribution in [0, 0.1) is 6.92 Å². The van der Waals surface area contributed by atoms with Gasteiger partial charge in [0.1, 0.15) is 12.6 Å². The number of rotatable bonds is 11. The van der Waals surface area contributed by atoms with Gasteiger partial charge in [-0.05, 0) is 73.9 Å². The molecule has 0 heterocycles. The second-order valence-corrected chi connectivity index (χ2v) is 12.1. The first kappa shape index (κ1) is 30.8. The Morgan fingerprint density at radius 3 is 2.21 bits per heavy atom. The van der Waals surface area contributed by atoms with Crippen LogP contribution in [0.25, 0.3) is 0 Å². The van der Waals surface area contributed by atoms with E-state index in [1.165, 1.54) is 17.0 Å². The molecule has 0 unspecified atom stereocenters. The fourth-order valence-electron chi connectivity index (χ4n) is 3.94. The summed E-state index contributed by atoms with van der Waals surface area (Å²) in [4.78, 5) is 28.2. The zero-order valence-electron chi connectivity index (χ0n) is 21.8. The number of benzene rings is 3. The first-order chi connectivity index (χ1) is 18.4. The van der Waals surface area contributed by atoms with Crippen molar-refractivity contribution in [2.75, 3.05) is 17.4 Å². The lowest BCUT2D eigenvalue weighted by atomic mass is 10.1. The van der Waals surface area contributed by atoms with Crippen LogP contribution in [-0.2, 0) is 26.2 Å². The molecule has 0 saturated heterocycles. The number of amides is 2. The van der Waals surface area contributed by atoms with Crippen molar-refractivity contribution in [1.29, 1.82) is 0 Å². The Hall–Kier alpha value is -2.78. The topological polar surface area (TPSA) is 86.8 Å². The second kappa shape index (κ2) is 13.5. The molecule has 3 rings (SSSR count). The lowest BCUT2D eigenvalue weighted by Crippen LogP contribution is -2.51. The highest BCUT2D eigenvalue weighted by molar-refractivity contribution is 7.92. The molecule has 0 fully saturated rings. The van der Waals surface area contributed by atoms with Crippen LogP contribution in [0.2, 0.25) is 15.1 Å². The summed E-state index contributed by atoms with van der Waals surface area (Å²) in [5.74, 6) is -0.954. The van der Waals surface area contributed by atoms with Crippen LogP contribution in [0.4, 0.5) is 5.69 Å². The van der Waals surface area contributed by atoms with Crippen molar-refractivity contribution in [3.8, 4) is 0 Å². The molecule has 3 aromatic rings. The third-order valence-corrected chi connectivity index (χ3v) is 8.71. The van der Waals surface area contributed by atoms with Gasteiger partial charge in [-0.3, -0.25) is 13.9 Å². The van der Waals surface area contributed by atoms with Crippen molar-refractivity contribution in [3.63, 3.8) is 0 Å². The quantitative estimate of drug-likeness (QED) is 0.285. The second-order valence-electron chi connectivity index (χ2n) is 8.98. The van der Waals surface area contributed by atoms with Gasteiger partial charge in [0, 0.05) is 28.2 Å². The number of carbonyl (C=O) groups is 2. The van der Waals surface area contributed by atoms with Crippen LogP contribution in [0.3, 0.4) is 0 Å². The van der Waals surface area contributed by atoms with Gasteiger partial charge in [0.2, 0.25) is 11.8 Å². The van der Waals surface area contributed by atoms with E-state index in [0.717, 1.165) is 4.31 Å². The molecule has 0 spiro atoms. The molecule has 0 radical (unpaired) electrons. The van der Waals surface area contributed by atoms with Crippen LogP contribution >= 0.6 is 34.8 Å².